The number of primary sulfonamides is 1. The van der Waals surface area contributed by atoms with E-state index in [1.165, 1.54) is 29.2 Å². The number of nitrogens with two attached hydrogens (primary N) is 1. The van der Waals surface area contributed by atoms with Gasteiger partial charge in [0.25, 0.3) is 11.8 Å². The van der Waals surface area contributed by atoms with Crippen LogP contribution in [0.2, 0.25) is 0 Å². The van der Waals surface area contributed by atoms with E-state index in [0.29, 0.717) is 11.1 Å². The normalized spacial score (nSPS) is 15.4. The molecule has 1 aliphatic rings. The number of carbonyl (C=O) groups is 3. The van der Waals surface area contributed by atoms with Crippen LogP contribution in [-0.2, 0) is 24.4 Å². The first-order chi connectivity index (χ1) is 15.1. The Labute approximate surface area is 184 Å². The molecule has 32 heavy (non-hydrogen) atoms. The number of carbonyl (C=O) groups excluding carboxylic acids is 2. The molecule has 168 valence electrons. The Bertz CT molecular complexity index is 1180. The molecule has 11 heteroatoms. The molecule has 0 fully saturated rings. The van der Waals surface area contributed by atoms with Crippen molar-refractivity contribution in [2.24, 2.45) is 5.14 Å². The van der Waals surface area contributed by atoms with E-state index in [1.54, 1.807) is 30.3 Å². The van der Waals surface area contributed by atoms with Crippen LogP contribution >= 0.6 is 0 Å². The summed E-state index contributed by atoms with van der Waals surface area (Å²) in [5, 5.41) is 26.2. The zero-order valence-corrected chi connectivity index (χ0v) is 17.6. The Hall–Kier alpha value is -3.70. The van der Waals surface area contributed by atoms with Gasteiger partial charge in [-0.3, -0.25) is 14.4 Å². The number of carboxylic acids is 1. The summed E-state index contributed by atoms with van der Waals surface area (Å²) in [7, 11) is -3.91. The van der Waals surface area contributed by atoms with E-state index in [-0.39, 0.29) is 17.9 Å². The van der Waals surface area contributed by atoms with Gasteiger partial charge in [-0.2, -0.15) is 0 Å². The Kier molecular flexibility index (Phi) is 6.61. The van der Waals surface area contributed by atoms with E-state index in [9.17, 15) is 27.9 Å². The maximum atomic E-state index is 13.2. The minimum atomic E-state index is -3.91. The first-order valence-corrected chi connectivity index (χ1v) is 11.0. The fourth-order valence-electron chi connectivity index (χ4n) is 3.47. The van der Waals surface area contributed by atoms with Gasteiger partial charge in [0.05, 0.1) is 10.9 Å². The third kappa shape index (κ3) is 4.95. The molecule has 1 atom stereocenters. The molecule has 0 saturated heterocycles. The minimum absolute atomic E-state index is 0.0137. The Morgan fingerprint density at radius 1 is 1.06 bits per heavy atom. The lowest BCUT2D eigenvalue weighted by atomic mass is 9.94. The summed E-state index contributed by atoms with van der Waals surface area (Å²) in [5.41, 5.74) is 0.721. The molecule has 10 nitrogen and oxygen atoms in total. The van der Waals surface area contributed by atoms with Crippen LogP contribution in [0.5, 0.6) is 0 Å². The molecule has 2 aromatic rings. The van der Waals surface area contributed by atoms with Gasteiger partial charge in [-0.15, -0.1) is 0 Å². The van der Waals surface area contributed by atoms with Crippen molar-refractivity contribution >= 4 is 27.8 Å². The highest BCUT2D eigenvalue weighted by Gasteiger charge is 2.37. The molecular weight excluding hydrogens is 438 g/mol. The van der Waals surface area contributed by atoms with Gasteiger partial charge in [0.1, 0.15) is 17.9 Å². The van der Waals surface area contributed by atoms with Crippen molar-refractivity contribution in [2.45, 2.75) is 17.4 Å². The number of nitrogens with zero attached hydrogens (tertiary/aromatic N) is 1. The van der Waals surface area contributed by atoms with E-state index < -0.39 is 51.7 Å². The van der Waals surface area contributed by atoms with Crippen LogP contribution in [0.1, 0.15) is 23.6 Å². The highest BCUT2D eigenvalue weighted by Crippen LogP contribution is 2.33. The summed E-state index contributed by atoms with van der Waals surface area (Å²) in [6.07, 6.45) is -0.0137. The van der Waals surface area contributed by atoms with Crippen LogP contribution in [-0.4, -0.2) is 54.4 Å². The SMILES string of the molecule is NS(=O)(=O)c1ccc(C(c2ccccc2)N2CCC(O)=C(C(=O)NCC(=O)O)C2=O)cc1. The highest BCUT2D eigenvalue weighted by molar-refractivity contribution is 7.89. The maximum Gasteiger partial charge on any atom is 0.322 e. The molecule has 5 N–H and O–H groups in total. The molecule has 2 amide bonds. The molecule has 1 aliphatic heterocycles. The van der Waals surface area contributed by atoms with Gasteiger partial charge in [-0.25, -0.2) is 13.6 Å². The van der Waals surface area contributed by atoms with Gasteiger partial charge < -0.3 is 20.4 Å². The molecule has 0 radical (unpaired) electrons. The Balaban J connectivity index is 2.02. The Morgan fingerprint density at radius 3 is 2.22 bits per heavy atom. The smallest absolute Gasteiger partial charge is 0.322 e. The number of amides is 2. The number of nitrogens with one attached hydrogen (secondary N) is 1. The second-order valence-electron chi connectivity index (χ2n) is 7.07. The molecule has 0 aromatic heterocycles. The number of aliphatic hydroxyl groups excluding tert-OH is 1. The maximum absolute atomic E-state index is 13.2. The van der Waals surface area contributed by atoms with Crippen molar-refractivity contribution in [3.63, 3.8) is 0 Å². The second kappa shape index (κ2) is 9.20. The highest BCUT2D eigenvalue weighted by atomic mass is 32.2. The molecule has 3 rings (SSSR count). The molecule has 1 heterocycles. The average Bonchev–Trinajstić information content (AvgIpc) is 2.74. The van der Waals surface area contributed by atoms with Crippen LogP contribution in [0.25, 0.3) is 0 Å². The van der Waals surface area contributed by atoms with Crippen LogP contribution in [0, 0.1) is 0 Å². The second-order valence-corrected chi connectivity index (χ2v) is 8.64. The fourth-order valence-corrected chi connectivity index (χ4v) is 3.98. The zero-order valence-electron chi connectivity index (χ0n) is 16.8. The summed E-state index contributed by atoms with van der Waals surface area (Å²) in [5.74, 6) is -3.49. The van der Waals surface area contributed by atoms with Gasteiger partial charge in [-0.1, -0.05) is 42.5 Å². The van der Waals surface area contributed by atoms with E-state index in [4.69, 9.17) is 10.2 Å². The first-order valence-electron chi connectivity index (χ1n) is 9.50. The van der Waals surface area contributed by atoms with Gasteiger partial charge in [0.15, 0.2) is 0 Å². The predicted octanol–water partition coefficient (Wildman–Crippen LogP) is 0.669. The molecule has 1 unspecified atom stereocenters. The first kappa shape index (κ1) is 23.0. The van der Waals surface area contributed by atoms with Crippen LogP contribution < -0.4 is 10.5 Å². The largest absolute Gasteiger partial charge is 0.511 e. The van der Waals surface area contributed by atoms with Crippen molar-refractivity contribution < 1.29 is 33.0 Å². The van der Waals surface area contributed by atoms with E-state index >= 15 is 0 Å². The van der Waals surface area contributed by atoms with Crippen molar-refractivity contribution in [3.05, 3.63) is 77.1 Å². The molecule has 0 spiro atoms. The molecule has 2 aromatic carbocycles. The lowest BCUT2D eigenvalue weighted by Gasteiger charge is -2.35. The van der Waals surface area contributed by atoms with Gasteiger partial charge in [0.2, 0.25) is 10.0 Å². The third-order valence-electron chi connectivity index (χ3n) is 4.93. The molecule has 0 bridgehead atoms. The van der Waals surface area contributed by atoms with Crippen molar-refractivity contribution in [2.75, 3.05) is 13.1 Å². The standard InChI is InChI=1S/C21H21N3O7S/c22-32(30,31)15-8-6-14(7-9-15)19(13-4-2-1-3-5-13)24-11-10-16(25)18(21(24)29)20(28)23-12-17(26)27/h1-9,19,25H,10-12H2,(H,23,28)(H,26,27)(H2,22,30,31). The summed E-state index contributed by atoms with van der Waals surface area (Å²) >= 11 is 0. The van der Waals surface area contributed by atoms with Gasteiger partial charge >= 0.3 is 5.97 Å². The quantitative estimate of drug-likeness (QED) is 0.441. The van der Waals surface area contributed by atoms with Crippen molar-refractivity contribution in [3.8, 4) is 0 Å². The number of sulfonamides is 1. The molecule has 0 saturated carbocycles. The van der Waals surface area contributed by atoms with E-state index in [2.05, 4.69) is 5.32 Å². The van der Waals surface area contributed by atoms with E-state index in [1.807, 2.05) is 0 Å². The van der Waals surface area contributed by atoms with Gasteiger partial charge in [-0.05, 0) is 23.3 Å². The van der Waals surface area contributed by atoms with Crippen LogP contribution in [0.15, 0.2) is 70.8 Å². The lowest BCUT2D eigenvalue weighted by Crippen LogP contribution is -2.45. The molecule has 0 aliphatic carbocycles. The number of aliphatic carboxylic acids is 1. The lowest BCUT2D eigenvalue weighted by molar-refractivity contribution is -0.139. The van der Waals surface area contributed by atoms with Crippen molar-refractivity contribution in [1.29, 1.82) is 0 Å². The monoisotopic (exact) mass is 459 g/mol. The predicted molar refractivity (Wildman–Crippen MR) is 113 cm³/mol. The average molecular weight is 459 g/mol. The number of aliphatic hydroxyl groups is 1. The minimum Gasteiger partial charge on any atom is -0.511 e. The van der Waals surface area contributed by atoms with Crippen LogP contribution in [0.4, 0.5) is 0 Å². The summed E-state index contributed by atoms with van der Waals surface area (Å²) in [6, 6.07) is 13.9. The number of hydrogen-bond acceptors (Lipinski definition) is 6. The number of rotatable bonds is 7. The molecular formula is C21H21N3O7S. The zero-order chi connectivity index (χ0) is 23.5. The third-order valence-corrected chi connectivity index (χ3v) is 5.86. The summed E-state index contributed by atoms with van der Waals surface area (Å²) < 4.78 is 23.2. The number of hydrogen-bond donors (Lipinski definition) is 4. The summed E-state index contributed by atoms with van der Waals surface area (Å²) in [6.45, 7) is -0.628. The van der Waals surface area contributed by atoms with E-state index in [0.717, 1.165) is 0 Å². The van der Waals surface area contributed by atoms with Gasteiger partial charge in [0, 0.05) is 13.0 Å². The van der Waals surface area contributed by atoms with Crippen molar-refractivity contribution in [1.82, 2.24) is 10.2 Å². The number of carboxylic acid groups (broad SMARTS) is 1. The number of benzene rings is 2. The Morgan fingerprint density at radius 2 is 1.66 bits per heavy atom. The summed E-state index contributed by atoms with van der Waals surface area (Å²) in [4.78, 5) is 37.6. The fraction of sp³-hybridized carbons (Fsp3) is 0.190. The topological polar surface area (TPSA) is 167 Å². The van der Waals surface area contributed by atoms with Crippen LogP contribution in [0.3, 0.4) is 0 Å².